The number of nitrogens with zero attached hydrogens (tertiary/aromatic N) is 4. The van der Waals surface area contributed by atoms with Gasteiger partial charge in [-0.1, -0.05) is 39.0 Å². The molecule has 0 radical (unpaired) electrons. The molecule has 1 saturated heterocycles. The number of amides is 1. The van der Waals surface area contributed by atoms with Crippen LogP contribution < -0.4 is 9.74 Å². The van der Waals surface area contributed by atoms with Crippen molar-refractivity contribution in [2.75, 3.05) is 31.1 Å². The van der Waals surface area contributed by atoms with E-state index in [1.54, 1.807) is 4.90 Å². The predicted molar refractivity (Wildman–Crippen MR) is 103 cm³/mol. The second-order valence-corrected chi connectivity index (χ2v) is 7.75. The molecule has 7 nitrogen and oxygen atoms in total. The summed E-state index contributed by atoms with van der Waals surface area (Å²) in [6.45, 7) is 10.7. The quantitative estimate of drug-likeness (QED) is 0.828. The Morgan fingerprint density at radius 3 is 2.37 bits per heavy atom. The van der Waals surface area contributed by atoms with Crippen molar-refractivity contribution in [1.82, 2.24) is 14.6 Å². The summed E-state index contributed by atoms with van der Waals surface area (Å²) in [6, 6.07) is 8.46. The van der Waals surface area contributed by atoms with Gasteiger partial charge in [-0.2, -0.15) is 4.73 Å². The molecule has 2 heterocycles. The third-order valence-corrected chi connectivity index (χ3v) is 4.63. The smallest absolute Gasteiger partial charge is 0.329 e. The van der Waals surface area contributed by atoms with E-state index < -0.39 is 5.97 Å². The molecule has 2 aromatic rings. The zero-order chi connectivity index (χ0) is 19.6. The lowest BCUT2D eigenvalue weighted by molar-refractivity contribution is -0.141. The number of hydrogen-bond donors (Lipinski definition) is 0. The third kappa shape index (κ3) is 4.30. The van der Waals surface area contributed by atoms with Gasteiger partial charge in [0.15, 0.2) is 0 Å². The summed E-state index contributed by atoms with van der Waals surface area (Å²) in [5, 5.41) is 0. The molecule has 0 saturated carbocycles. The lowest BCUT2D eigenvalue weighted by Crippen LogP contribution is -2.49. The first-order valence-electron chi connectivity index (χ1n) is 9.12. The summed E-state index contributed by atoms with van der Waals surface area (Å²) >= 11 is 0. The molecule has 1 aromatic heterocycles. The van der Waals surface area contributed by atoms with Crippen LogP contribution in [0.4, 0.5) is 5.69 Å². The van der Waals surface area contributed by atoms with E-state index >= 15 is 0 Å². The number of carbonyl (C=O) groups is 2. The standard InChI is InChI=1S/C20H26N4O3/c1-15(25)27-24-13-17(21-14-24)19(26)23-11-9-22(10-12-23)18-8-6-5-7-16(18)20(2,3)4/h5-8,13-14H,9-12H2,1-4H3. The molecule has 1 fully saturated rings. The van der Waals surface area contributed by atoms with Gasteiger partial charge in [-0.05, 0) is 17.0 Å². The monoisotopic (exact) mass is 370 g/mol. The number of hydrogen-bond acceptors (Lipinski definition) is 5. The van der Waals surface area contributed by atoms with Crippen LogP contribution in [0.3, 0.4) is 0 Å². The lowest BCUT2D eigenvalue weighted by Gasteiger charge is -2.38. The maximum Gasteiger partial charge on any atom is 0.329 e. The van der Waals surface area contributed by atoms with Crippen LogP contribution in [-0.2, 0) is 10.2 Å². The molecule has 27 heavy (non-hydrogen) atoms. The number of piperazine rings is 1. The molecule has 0 N–H and O–H groups in total. The maximum absolute atomic E-state index is 12.7. The van der Waals surface area contributed by atoms with Crippen molar-refractivity contribution in [3.8, 4) is 0 Å². The average molecular weight is 370 g/mol. The highest BCUT2D eigenvalue weighted by molar-refractivity contribution is 5.92. The summed E-state index contributed by atoms with van der Waals surface area (Å²) in [7, 11) is 0. The maximum atomic E-state index is 12.7. The number of aromatic nitrogens is 2. The van der Waals surface area contributed by atoms with Crippen LogP contribution in [0.2, 0.25) is 0 Å². The van der Waals surface area contributed by atoms with Crippen molar-refractivity contribution in [1.29, 1.82) is 0 Å². The fourth-order valence-electron chi connectivity index (χ4n) is 3.31. The van der Waals surface area contributed by atoms with E-state index in [4.69, 9.17) is 4.84 Å². The number of benzene rings is 1. The minimum absolute atomic E-state index is 0.0626. The topological polar surface area (TPSA) is 67.7 Å². The third-order valence-electron chi connectivity index (χ3n) is 4.63. The van der Waals surface area contributed by atoms with Crippen LogP contribution in [0.5, 0.6) is 0 Å². The van der Waals surface area contributed by atoms with Gasteiger partial charge >= 0.3 is 5.97 Å². The first-order valence-corrected chi connectivity index (χ1v) is 9.12. The Labute approximate surface area is 159 Å². The van der Waals surface area contributed by atoms with Gasteiger partial charge in [0, 0.05) is 38.8 Å². The van der Waals surface area contributed by atoms with Crippen LogP contribution >= 0.6 is 0 Å². The molecule has 3 rings (SSSR count). The SMILES string of the molecule is CC(=O)On1cnc(C(=O)N2CCN(c3ccccc3C(C)(C)C)CC2)c1. The van der Waals surface area contributed by atoms with E-state index in [2.05, 4.69) is 54.9 Å². The molecule has 1 aliphatic heterocycles. The zero-order valence-electron chi connectivity index (χ0n) is 16.3. The Hall–Kier alpha value is -2.83. The molecular formula is C20H26N4O3. The van der Waals surface area contributed by atoms with E-state index in [1.165, 1.54) is 30.7 Å². The molecule has 1 amide bonds. The van der Waals surface area contributed by atoms with E-state index in [0.29, 0.717) is 13.1 Å². The van der Waals surface area contributed by atoms with Gasteiger partial charge in [0.2, 0.25) is 0 Å². The Morgan fingerprint density at radius 2 is 1.74 bits per heavy atom. The molecule has 1 aromatic carbocycles. The Bertz CT molecular complexity index is 830. The van der Waals surface area contributed by atoms with Gasteiger partial charge in [0.25, 0.3) is 5.91 Å². The van der Waals surface area contributed by atoms with Crippen LogP contribution in [0.15, 0.2) is 36.8 Å². The van der Waals surface area contributed by atoms with E-state index in [0.717, 1.165) is 17.8 Å². The molecule has 0 atom stereocenters. The van der Waals surface area contributed by atoms with Gasteiger partial charge in [-0.15, -0.1) is 0 Å². The van der Waals surface area contributed by atoms with Crippen molar-refractivity contribution >= 4 is 17.6 Å². The summed E-state index contributed by atoms with van der Waals surface area (Å²) in [4.78, 5) is 36.7. The van der Waals surface area contributed by atoms with Gasteiger partial charge in [0.1, 0.15) is 12.0 Å². The van der Waals surface area contributed by atoms with E-state index in [1.807, 2.05) is 0 Å². The molecule has 1 aliphatic rings. The largest absolute Gasteiger partial charge is 0.368 e. The summed E-state index contributed by atoms with van der Waals surface area (Å²) in [5.74, 6) is -0.609. The van der Waals surface area contributed by atoms with Crippen molar-refractivity contribution in [3.63, 3.8) is 0 Å². The van der Waals surface area contributed by atoms with E-state index in [-0.39, 0.29) is 17.0 Å². The van der Waals surface area contributed by atoms with Crippen molar-refractivity contribution in [2.45, 2.75) is 33.1 Å². The Balaban J connectivity index is 1.66. The minimum Gasteiger partial charge on any atom is -0.368 e. The highest BCUT2D eigenvalue weighted by Crippen LogP contribution is 2.32. The first-order chi connectivity index (χ1) is 12.8. The number of rotatable bonds is 3. The lowest BCUT2D eigenvalue weighted by atomic mass is 9.85. The first kappa shape index (κ1) is 18.9. The molecule has 0 aliphatic carbocycles. The van der Waals surface area contributed by atoms with Gasteiger partial charge in [-0.25, -0.2) is 9.78 Å². The number of anilines is 1. The normalized spacial score (nSPS) is 15.0. The minimum atomic E-state index is -0.461. The average Bonchev–Trinajstić information content (AvgIpc) is 3.08. The molecular weight excluding hydrogens is 344 g/mol. The Morgan fingerprint density at radius 1 is 1.07 bits per heavy atom. The van der Waals surface area contributed by atoms with Crippen LogP contribution in [0, 0.1) is 0 Å². The van der Waals surface area contributed by atoms with E-state index in [9.17, 15) is 9.59 Å². The van der Waals surface area contributed by atoms with Gasteiger partial charge in [0.05, 0.1) is 6.20 Å². The summed E-state index contributed by atoms with van der Waals surface area (Å²) in [6.07, 6.45) is 2.76. The Kier molecular flexibility index (Phi) is 5.21. The number of para-hydroxylation sites is 1. The number of imidazole rings is 1. The second kappa shape index (κ2) is 7.42. The van der Waals surface area contributed by atoms with Crippen molar-refractivity contribution < 1.29 is 14.4 Å². The predicted octanol–water partition coefficient (Wildman–Crippen LogP) is 2.12. The molecule has 0 spiro atoms. The summed E-state index contributed by atoms with van der Waals surface area (Å²) < 4.78 is 1.16. The molecule has 144 valence electrons. The second-order valence-electron chi connectivity index (χ2n) is 7.75. The van der Waals surface area contributed by atoms with Crippen molar-refractivity contribution in [3.05, 3.63) is 48.0 Å². The van der Waals surface area contributed by atoms with Crippen molar-refractivity contribution in [2.24, 2.45) is 0 Å². The van der Waals surface area contributed by atoms with Crippen LogP contribution in [0.1, 0.15) is 43.7 Å². The van der Waals surface area contributed by atoms with Crippen LogP contribution in [-0.4, -0.2) is 52.7 Å². The summed E-state index contributed by atoms with van der Waals surface area (Å²) in [5.41, 5.74) is 2.88. The van der Waals surface area contributed by atoms with Gasteiger partial charge < -0.3 is 14.6 Å². The molecule has 0 bridgehead atoms. The fraction of sp³-hybridized carbons (Fsp3) is 0.450. The highest BCUT2D eigenvalue weighted by atomic mass is 16.7. The number of carbonyl (C=O) groups excluding carboxylic acids is 2. The highest BCUT2D eigenvalue weighted by Gasteiger charge is 2.27. The molecule has 7 heteroatoms. The zero-order valence-corrected chi connectivity index (χ0v) is 16.3. The van der Waals surface area contributed by atoms with Gasteiger partial charge in [-0.3, -0.25) is 4.79 Å². The molecule has 0 unspecified atom stereocenters. The van der Waals surface area contributed by atoms with Crippen LogP contribution in [0.25, 0.3) is 0 Å². The fourth-order valence-corrected chi connectivity index (χ4v) is 3.31.